The normalized spacial score (nSPS) is 13.9. The van der Waals surface area contributed by atoms with Crippen molar-refractivity contribution < 1.29 is 9.59 Å². The number of anilines is 1. The van der Waals surface area contributed by atoms with Crippen LogP contribution < -0.4 is 5.73 Å². The minimum absolute atomic E-state index is 0.248. The smallest absolute Gasteiger partial charge is 0.261 e. The van der Waals surface area contributed by atoms with Crippen molar-refractivity contribution in [3.8, 4) is 0 Å². The van der Waals surface area contributed by atoms with E-state index in [-0.39, 0.29) is 11.8 Å². The number of amides is 2. The van der Waals surface area contributed by atoms with Gasteiger partial charge in [-0.3, -0.25) is 14.5 Å². The lowest BCUT2D eigenvalue weighted by atomic mass is 10.1. The van der Waals surface area contributed by atoms with E-state index in [2.05, 4.69) is 0 Å². The Labute approximate surface area is 99.7 Å². The van der Waals surface area contributed by atoms with Crippen LogP contribution in [0, 0.1) is 0 Å². The number of hydrogen-bond donors (Lipinski definition) is 1. The van der Waals surface area contributed by atoms with Gasteiger partial charge in [0.05, 0.1) is 11.1 Å². The number of imide groups is 1. The van der Waals surface area contributed by atoms with Gasteiger partial charge in [0.25, 0.3) is 11.8 Å². The Morgan fingerprint density at radius 3 is 2.53 bits per heavy atom. The van der Waals surface area contributed by atoms with Crippen molar-refractivity contribution >= 4 is 17.5 Å². The predicted molar refractivity (Wildman–Crippen MR) is 65.7 cm³/mol. The molecule has 0 bridgehead atoms. The minimum Gasteiger partial charge on any atom is -0.399 e. The van der Waals surface area contributed by atoms with E-state index in [0.717, 1.165) is 5.57 Å². The lowest BCUT2D eigenvalue weighted by Crippen LogP contribution is -2.29. The first-order valence-corrected chi connectivity index (χ1v) is 5.40. The second-order valence-corrected chi connectivity index (χ2v) is 4.31. The summed E-state index contributed by atoms with van der Waals surface area (Å²) in [5.41, 5.74) is 8.01. The molecule has 0 saturated carbocycles. The van der Waals surface area contributed by atoms with Gasteiger partial charge in [-0.05, 0) is 32.0 Å². The number of rotatable bonds is 2. The highest BCUT2D eigenvalue weighted by Gasteiger charge is 2.34. The van der Waals surface area contributed by atoms with Crippen LogP contribution in [-0.4, -0.2) is 23.3 Å². The van der Waals surface area contributed by atoms with Gasteiger partial charge >= 0.3 is 0 Å². The molecule has 0 aromatic heterocycles. The molecule has 2 N–H and O–H groups in total. The molecular weight excluding hydrogens is 216 g/mol. The number of fused-ring (bicyclic) bond motifs is 1. The molecule has 88 valence electrons. The van der Waals surface area contributed by atoms with Crippen LogP contribution in [0.2, 0.25) is 0 Å². The third-order valence-corrected chi connectivity index (χ3v) is 2.68. The van der Waals surface area contributed by atoms with E-state index in [4.69, 9.17) is 5.73 Å². The number of nitrogens with zero attached hydrogens (tertiary/aromatic N) is 1. The van der Waals surface area contributed by atoms with Gasteiger partial charge in [-0.25, -0.2) is 0 Å². The number of hydrogen-bond acceptors (Lipinski definition) is 3. The monoisotopic (exact) mass is 230 g/mol. The van der Waals surface area contributed by atoms with Crippen LogP contribution in [0.1, 0.15) is 34.6 Å². The first kappa shape index (κ1) is 11.4. The summed E-state index contributed by atoms with van der Waals surface area (Å²) in [4.78, 5) is 25.2. The quantitative estimate of drug-likeness (QED) is 0.479. The molecule has 2 amide bonds. The van der Waals surface area contributed by atoms with Crippen molar-refractivity contribution in [3.63, 3.8) is 0 Å². The molecule has 0 saturated heterocycles. The largest absolute Gasteiger partial charge is 0.399 e. The van der Waals surface area contributed by atoms with Gasteiger partial charge in [-0.15, -0.1) is 0 Å². The van der Waals surface area contributed by atoms with Gasteiger partial charge in [0, 0.05) is 12.2 Å². The molecule has 0 atom stereocenters. The number of allylic oxidation sites excluding steroid dienone is 1. The van der Waals surface area contributed by atoms with Crippen LogP contribution in [0.5, 0.6) is 0 Å². The van der Waals surface area contributed by atoms with Crippen LogP contribution >= 0.6 is 0 Å². The lowest BCUT2D eigenvalue weighted by molar-refractivity contribution is 0.0672. The summed E-state index contributed by atoms with van der Waals surface area (Å²) >= 11 is 0. The molecule has 1 aliphatic rings. The SMILES string of the molecule is CC(C)=CCN1C(=O)c2ccc(N)cc2C1=O. The number of nitrogen functional groups attached to an aromatic ring is 1. The van der Waals surface area contributed by atoms with Crippen molar-refractivity contribution in [1.82, 2.24) is 4.90 Å². The first-order chi connectivity index (χ1) is 8.00. The second-order valence-electron chi connectivity index (χ2n) is 4.31. The zero-order valence-electron chi connectivity index (χ0n) is 9.86. The van der Waals surface area contributed by atoms with Gasteiger partial charge < -0.3 is 5.73 Å². The third-order valence-electron chi connectivity index (χ3n) is 2.68. The summed E-state index contributed by atoms with van der Waals surface area (Å²) in [6.45, 7) is 4.17. The van der Waals surface area contributed by atoms with Crippen molar-refractivity contribution in [2.75, 3.05) is 12.3 Å². The van der Waals surface area contributed by atoms with Gasteiger partial charge in [0.2, 0.25) is 0 Å². The Balaban J connectivity index is 2.35. The molecule has 1 heterocycles. The molecule has 0 unspecified atom stereocenters. The zero-order valence-corrected chi connectivity index (χ0v) is 9.86. The van der Waals surface area contributed by atoms with Crippen LogP contribution in [-0.2, 0) is 0 Å². The standard InChI is InChI=1S/C13H14N2O2/c1-8(2)5-6-15-12(16)10-4-3-9(14)7-11(10)13(15)17/h3-5,7H,6,14H2,1-2H3. The summed E-state index contributed by atoms with van der Waals surface area (Å²) in [7, 11) is 0. The average molecular weight is 230 g/mol. The molecule has 17 heavy (non-hydrogen) atoms. The van der Waals surface area contributed by atoms with Gasteiger partial charge in [-0.2, -0.15) is 0 Å². The Hall–Kier alpha value is -2.10. The summed E-state index contributed by atoms with van der Waals surface area (Å²) in [5, 5.41) is 0. The maximum absolute atomic E-state index is 12.0. The van der Waals surface area contributed by atoms with Crippen LogP contribution in [0.25, 0.3) is 0 Å². The second kappa shape index (κ2) is 4.05. The van der Waals surface area contributed by atoms with E-state index in [1.807, 2.05) is 19.9 Å². The van der Waals surface area contributed by atoms with Crippen molar-refractivity contribution in [1.29, 1.82) is 0 Å². The third kappa shape index (κ3) is 1.93. The molecule has 0 spiro atoms. The Kier molecular flexibility index (Phi) is 2.71. The van der Waals surface area contributed by atoms with Crippen LogP contribution in [0.3, 0.4) is 0 Å². The molecule has 0 fully saturated rings. The number of nitrogens with two attached hydrogens (primary N) is 1. The van der Waals surface area contributed by atoms with E-state index in [1.54, 1.807) is 18.2 Å². The summed E-state index contributed by atoms with van der Waals surface area (Å²) in [6, 6.07) is 4.79. The highest BCUT2D eigenvalue weighted by molar-refractivity contribution is 6.21. The van der Waals surface area contributed by atoms with Gasteiger partial charge in [0.1, 0.15) is 0 Å². The first-order valence-electron chi connectivity index (χ1n) is 5.40. The topological polar surface area (TPSA) is 63.4 Å². The number of carbonyl (C=O) groups is 2. The van der Waals surface area contributed by atoms with Crippen LogP contribution in [0.15, 0.2) is 29.8 Å². The zero-order chi connectivity index (χ0) is 12.6. The van der Waals surface area contributed by atoms with E-state index in [1.165, 1.54) is 4.90 Å². The fourth-order valence-electron chi connectivity index (χ4n) is 1.75. The molecule has 2 rings (SSSR count). The van der Waals surface area contributed by atoms with Crippen molar-refractivity contribution in [3.05, 3.63) is 41.0 Å². The van der Waals surface area contributed by atoms with Gasteiger partial charge in [0.15, 0.2) is 0 Å². The highest BCUT2D eigenvalue weighted by atomic mass is 16.2. The Bertz CT molecular complexity index is 528. The minimum atomic E-state index is -0.269. The maximum atomic E-state index is 12.0. The van der Waals surface area contributed by atoms with E-state index >= 15 is 0 Å². The molecule has 0 aliphatic carbocycles. The fraction of sp³-hybridized carbons (Fsp3) is 0.231. The summed E-state index contributed by atoms with van der Waals surface area (Å²) in [6.07, 6.45) is 1.85. The van der Waals surface area contributed by atoms with E-state index < -0.39 is 0 Å². The lowest BCUT2D eigenvalue weighted by Gasteiger charge is -2.10. The summed E-state index contributed by atoms with van der Waals surface area (Å²) in [5.74, 6) is -0.516. The fourth-order valence-corrected chi connectivity index (χ4v) is 1.75. The number of benzene rings is 1. The summed E-state index contributed by atoms with van der Waals surface area (Å²) < 4.78 is 0. The molecule has 1 aromatic rings. The molecule has 1 aromatic carbocycles. The Morgan fingerprint density at radius 2 is 1.88 bits per heavy atom. The van der Waals surface area contributed by atoms with E-state index in [0.29, 0.717) is 23.4 Å². The van der Waals surface area contributed by atoms with Crippen molar-refractivity contribution in [2.24, 2.45) is 0 Å². The number of carbonyl (C=O) groups excluding carboxylic acids is 2. The molecule has 4 heteroatoms. The van der Waals surface area contributed by atoms with Crippen molar-refractivity contribution in [2.45, 2.75) is 13.8 Å². The predicted octanol–water partition coefficient (Wildman–Crippen LogP) is 1.83. The maximum Gasteiger partial charge on any atom is 0.261 e. The van der Waals surface area contributed by atoms with Gasteiger partial charge in [-0.1, -0.05) is 11.6 Å². The molecule has 1 aliphatic heterocycles. The molecular formula is C13H14N2O2. The average Bonchev–Trinajstić information content (AvgIpc) is 2.49. The van der Waals surface area contributed by atoms with Crippen LogP contribution in [0.4, 0.5) is 5.69 Å². The van der Waals surface area contributed by atoms with E-state index in [9.17, 15) is 9.59 Å². The molecule has 0 radical (unpaired) electrons. The Morgan fingerprint density at radius 1 is 1.24 bits per heavy atom. The highest BCUT2D eigenvalue weighted by Crippen LogP contribution is 2.24. The molecule has 4 nitrogen and oxygen atoms in total.